The van der Waals surface area contributed by atoms with Crippen LogP contribution in [-0.2, 0) is 0 Å². The summed E-state index contributed by atoms with van der Waals surface area (Å²) in [5.41, 5.74) is 0.645. The molecule has 21 heavy (non-hydrogen) atoms. The Bertz CT molecular complexity index is 479. The van der Waals surface area contributed by atoms with E-state index in [9.17, 15) is 4.79 Å². The van der Waals surface area contributed by atoms with Gasteiger partial charge in [-0.2, -0.15) is 0 Å². The van der Waals surface area contributed by atoms with Gasteiger partial charge in [0.1, 0.15) is 5.82 Å². The number of pyridine rings is 1. The third-order valence-electron chi connectivity index (χ3n) is 4.02. The van der Waals surface area contributed by atoms with Gasteiger partial charge in [0.05, 0.1) is 12.2 Å². The van der Waals surface area contributed by atoms with Gasteiger partial charge in [0, 0.05) is 45.0 Å². The summed E-state index contributed by atoms with van der Waals surface area (Å²) < 4.78 is 0. The van der Waals surface area contributed by atoms with Gasteiger partial charge in [-0.25, -0.2) is 4.98 Å². The zero-order chi connectivity index (χ0) is 14.7. The van der Waals surface area contributed by atoms with E-state index in [2.05, 4.69) is 15.2 Å². The number of hydrogen-bond acceptors (Lipinski definition) is 5. The van der Waals surface area contributed by atoms with Crippen LogP contribution >= 0.6 is 0 Å². The molecule has 0 atom stereocenters. The highest BCUT2D eigenvalue weighted by atomic mass is 16.3. The van der Waals surface area contributed by atoms with Crippen molar-refractivity contribution in [2.24, 2.45) is 0 Å². The first-order chi connectivity index (χ1) is 10.3. The van der Waals surface area contributed by atoms with Crippen LogP contribution in [-0.4, -0.2) is 71.2 Å². The molecule has 6 nitrogen and oxygen atoms in total. The molecule has 0 bridgehead atoms. The molecular formula is C15H22N4O2. The SMILES string of the molecule is O=C(c1ccc(NC2CC2)nc1)N1CCN(CCO)CC1. The predicted octanol–water partition coefficient (Wildman–Crippen LogP) is 0.406. The first kappa shape index (κ1) is 14.3. The van der Waals surface area contributed by atoms with E-state index in [1.165, 1.54) is 12.8 Å². The Kier molecular flexibility index (Phi) is 4.36. The van der Waals surface area contributed by atoms with Crippen LogP contribution in [0.5, 0.6) is 0 Å². The van der Waals surface area contributed by atoms with Crippen molar-refractivity contribution >= 4 is 11.7 Å². The van der Waals surface area contributed by atoms with Crippen molar-refractivity contribution in [1.82, 2.24) is 14.8 Å². The highest BCUT2D eigenvalue weighted by Gasteiger charge is 2.23. The van der Waals surface area contributed by atoms with E-state index in [0.717, 1.165) is 18.9 Å². The molecule has 0 aromatic carbocycles. The number of aliphatic hydroxyl groups is 1. The number of nitrogens with zero attached hydrogens (tertiary/aromatic N) is 3. The summed E-state index contributed by atoms with van der Waals surface area (Å²) >= 11 is 0. The zero-order valence-corrected chi connectivity index (χ0v) is 12.2. The second-order valence-corrected chi connectivity index (χ2v) is 5.71. The Morgan fingerprint density at radius 2 is 2.05 bits per heavy atom. The minimum atomic E-state index is 0.0455. The van der Waals surface area contributed by atoms with Gasteiger partial charge in [0.2, 0.25) is 0 Å². The van der Waals surface area contributed by atoms with Crippen molar-refractivity contribution in [3.8, 4) is 0 Å². The summed E-state index contributed by atoms with van der Waals surface area (Å²) in [6, 6.07) is 4.30. The maximum absolute atomic E-state index is 12.4. The van der Waals surface area contributed by atoms with E-state index in [1.54, 1.807) is 6.20 Å². The molecule has 2 aliphatic rings. The van der Waals surface area contributed by atoms with Crippen LogP contribution < -0.4 is 5.32 Å². The molecule has 2 N–H and O–H groups in total. The highest BCUT2D eigenvalue weighted by Crippen LogP contribution is 2.23. The quantitative estimate of drug-likeness (QED) is 0.822. The van der Waals surface area contributed by atoms with Crippen molar-refractivity contribution in [2.45, 2.75) is 18.9 Å². The van der Waals surface area contributed by atoms with Crippen LogP contribution in [0, 0.1) is 0 Å². The van der Waals surface area contributed by atoms with E-state index in [-0.39, 0.29) is 12.5 Å². The summed E-state index contributed by atoms with van der Waals surface area (Å²) in [6.45, 7) is 3.92. The predicted molar refractivity (Wildman–Crippen MR) is 80.3 cm³/mol. The molecule has 0 spiro atoms. The Hall–Kier alpha value is -1.66. The zero-order valence-electron chi connectivity index (χ0n) is 12.2. The fourth-order valence-corrected chi connectivity index (χ4v) is 2.54. The number of carbonyl (C=O) groups is 1. The largest absolute Gasteiger partial charge is 0.395 e. The number of β-amino-alcohol motifs (C(OH)–C–C–N with tert-alkyl or cyclic N) is 1. The number of nitrogens with one attached hydrogen (secondary N) is 1. The lowest BCUT2D eigenvalue weighted by Gasteiger charge is -2.34. The molecule has 0 unspecified atom stereocenters. The van der Waals surface area contributed by atoms with Gasteiger partial charge in [0.15, 0.2) is 0 Å². The Labute approximate surface area is 124 Å². The molecule has 1 saturated carbocycles. The van der Waals surface area contributed by atoms with E-state index in [1.807, 2.05) is 17.0 Å². The molecule has 1 aliphatic heterocycles. The molecule has 6 heteroatoms. The third-order valence-corrected chi connectivity index (χ3v) is 4.02. The minimum absolute atomic E-state index is 0.0455. The van der Waals surface area contributed by atoms with E-state index >= 15 is 0 Å². The molecule has 2 heterocycles. The maximum atomic E-state index is 12.4. The van der Waals surface area contributed by atoms with Crippen molar-refractivity contribution in [1.29, 1.82) is 0 Å². The fourth-order valence-electron chi connectivity index (χ4n) is 2.54. The van der Waals surface area contributed by atoms with Crippen LogP contribution in [0.1, 0.15) is 23.2 Å². The van der Waals surface area contributed by atoms with Gasteiger partial charge in [-0.3, -0.25) is 9.69 Å². The molecule has 2 fully saturated rings. The Morgan fingerprint density at radius 1 is 1.29 bits per heavy atom. The molecule has 1 saturated heterocycles. The molecule has 114 valence electrons. The highest BCUT2D eigenvalue weighted by molar-refractivity contribution is 5.94. The molecule has 1 aliphatic carbocycles. The average Bonchev–Trinajstić information content (AvgIpc) is 3.32. The summed E-state index contributed by atoms with van der Waals surface area (Å²) in [4.78, 5) is 20.8. The number of amides is 1. The molecule has 0 radical (unpaired) electrons. The van der Waals surface area contributed by atoms with E-state index in [0.29, 0.717) is 31.2 Å². The summed E-state index contributed by atoms with van der Waals surface area (Å²) in [7, 11) is 0. The topological polar surface area (TPSA) is 68.7 Å². The van der Waals surface area contributed by atoms with Gasteiger partial charge >= 0.3 is 0 Å². The number of rotatable bonds is 5. The van der Waals surface area contributed by atoms with E-state index in [4.69, 9.17) is 5.11 Å². The number of aromatic nitrogens is 1. The lowest BCUT2D eigenvalue weighted by molar-refractivity contribution is 0.0614. The first-order valence-electron chi connectivity index (χ1n) is 7.61. The van der Waals surface area contributed by atoms with Crippen molar-refractivity contribution in [3.05, 3.63) is 23.9 Å². The fraction of sp³-hybridized carbons (Fsp3) is 0.600. The summed E-state index contributed by atoms with van der Waals surface area (Å²) in [5.74, 6) is 0.894. The number of hydrogen-bond donors (Lipinski definition) is 2. The average molecular weight is 290 g/mol. The van der Waals surface area contributed by atoms with Crippen LogP contribution in [0.15, 0.2) is 18.3 Å². The Balaban J connectivity index is 1.55. The number of anilines is 1. The molecule has 1 aromatic rings. The minimum Gasteiger partial charge on any atom is -0.395 e. The van der Waals surface area contributed by atoms with Gasteiger partial charge in [0.25, 0.3) is 5.91 Å². The lowest BCUT2D eigenvalue weighted by atomic mass is 10.2. The standard InChI is InChI=1S/C15H22N4O2/c20-10-9-18-5-7-19(8-6-18)15(21)12-1-4-14(16-11-12)17-13-2-3-13/h1,4,11,13,20H,2-3,5-10H2,(H,16,17). The maximum Gasteiger partial charge on any atom is 0.255 e. The van der Waals surface area contributed by atoms with Crippen LogP contribution in [0.3, 0.4) is 0 Å². The molecule has 1 amide bonds. The molecule has 3 rings (SSSR count). The molecule has 1 aromatic heterocycles. The lowest BCUT2D eigenvalue weighted by Crippen LogP contribution is -2.49. The van der Waals surface area contributed by atoms with Crippen LogP contribution in [0.4, 0.5) is 5.82 Å². The molecular weight excluding hydrogens is 268 g/mol. The van der Waals surface area contributed by atoms with Gasteiger partial charge < -0.3 is 15.3 Å². The van der Waals surface area contributed by atoms with E-state index < -0.39 is 0 Å². The van der Waals surface area contributed by atoms with Crippen molar-refractivity contribution in [3.63, 3.8) is 0 Å². The van der Waals surface area contributed by atoms with Crippen LogP contribution in [0.25, 0.3) is 0 Å². The van der Waals surface area contributed by atoms with Crippen molar-refractivity contribution < 1.29 is 9.90 Å². The van der Waals surface area contributed by atoms with Crippen LogP contribution in [0.2, 0.25) is 0 Å². The van der Waals surface area contributed by atoms with Gasteiger partial charge in [-0.15, -0.1) is 0 Å². The van der Waals surface area contributed by atoms with Gasteiger partial charge in [-0.05, 0) is 25.0 Å². The number of aliphatic hydroxyl groups excluding tert-OH is 1. The smallest absolute Gasteiger partial charge is 0.255 e. The summed E-state index contributed by atoms with van der Waals surface area (Å²) in [5, 5.41) is 12.2. The third kappa shape index (κ3) is 3.71. The number of carbonyl (C=O) groups excluding carboxylic acids is 1. The van der Waals surface area contributed by atoms with Crippen molar-refractivity contribution in [2.75, 3.05) is 44.6 Å². The van der Waals surface area contributed by atoms with Gasteiger partial charge in [-0.1, -0.05) is 0 Å². The normalized spacial score (nSPS) is 19.6. The monoisotopic (exact) mass is 290 g/mol. The Morgan fingerprint density at radius 3 is 2.62 bits per heavy atom. The second-order valence-electron chi connectivity index (χ2n) is 5.71. The number of piperazine rings is 1. The summed E-state index contributed by atoms with van der Waals surface area (Å²) in [6.07, 6.45) is 4.08. The first-order valence-corrected chi connectivity index (χ1v) is 7.61. The second kappa shape index (κ2) is 6.41.